The molecule has 1 heterocycles. The first-order valence-electron chi connectivity index (χ1n) is 6.90. The van der Waals surface area contributed by atoms with Gasteiger partial charge >= 0.3 is 5.97 Å². The molecule has 3 rings (SSSR count). The van der Waals surface area contributed by atoms with Crippen molar-refractivity contribution in [3.63, 3.8) is 0 Å². The molecule has 0 unspecified atom stereocenters. The van der Waals surface area contributed by atoms with E-state index in [4.69, 9.17) is 5.11 Å². The molecule has 1 aliphatic carbocycles. The average Bonchev–Trinajstić information content (AvgIpc) is 3.14. The highest BCUT2D eigenvalue weighted by Gasteiger charge is 2.42. The van der Waals surface area contributed by atoms with Crippen molar-refractivity contribution in [2.75, 3.05) is 12.0 Å². The van der Waals surface area contributed by atoms with Gasteiger partial charge in [-0.1, -0.05) is 17.8 Å². The van der Waals surface area contributed by atoms with E-state index in [-0.39, 0.29) is 5.75 Å². The molecule has 0 amide bonds. The minimum Gasteiger partial charge on any atom is -0.481 e. The number of carboxylic acid groups (broad SMARTS) is 1. The lowest BCUT2D eigenvalue weighted by molar-refractivity contribution is -0.133. The fourth-order valence-corrected chi connectivity index (χ4v) is 3.96. The maximum absolute atomic E-state index is 10.8. The monoisotopic (exact) mass is 322 g/mol. The lowest BCUT2D eigenvalue weighted by Gasteiger charge is -2.15. The Morgan fingerprint density at radius 3 is 2.86 bits per heavy atom. The molecule has 1 aliphatic rings. The van der Waals surface area contributed by atoms with Gasteiger partial charge in [0.2, 0.25) is 0 Å². The van der Waals surface area contributed by atoms with E-state index >= 15 is 0 Å². The number of aryl methyl sites for hydroxylation is 1. The Hall–Kier alpha value is -1.14. The SMILES string of the molecule is CSC1(Cn2c(SCC(=O)O)nc3cc(C)ccc32)CC1. The molecule has 0 saturated heterocycles. The van der Waals surface area contributed by atoms with Crippen molar-refractivity contribution in [1.29, 1.82) is 0 Å². The minimum atomic E-state index is -0.805. The number of imidazole rings is 1. The van der Waals surface area contributed by atoms with E-state index in [1.54, 1.807) is 0 Å². The molecule has 0 spiro atoms. The van der Waals surface area contributed by atoms with Gasteiger partial charge in [-0.15, -0.1) is 0 Å². The Bertz CT molecular complexity index is 692. The number of carboxylic acids is 1. The molecule has 0 atom stereocenters. The Labute approximate surface area is 132 Å². The topological polar surface area (TPSA) is 55.1 Å². The summed E-state index contributed by atoms with van der Waals surface area (Å²) < 4.78 is 2.52. The van der Waals surface area contributed by atoms with Gasteiger partial charge in [0.1, 0.15) is 0 Å². The molecule has 1 aromatic heterocycles. The average molecular weight is 322 g/mol. The van der Waals surface area contributed by atoms with E-state index in [0.717, 1.165) is 22.7 Å². The minimum absolute atomic E-state index is 0.0502. The number of rotatable bonds is 6. The Balaban J connectivity index is 2.00. The maximum atomic E-state index is 10.8. The van der Waals surface area contributed by atoms with Gasteiger partial charge in [-0.25, -0.2) is 4.98 Å². The first kappa shape index (κ1) is 14.8. The molecule has 6 heteroatoms. The van der Waals surface area contributed by atoms with Gasteiger partial charge < -0.3 is 9.67 Å². The van der Waals surface area contributed by atoms with Crippen LogP contribution >= 0.6 is 23.5 Å². The van der Waals surface area contributed by atoms with Crippen LogP contribution in [0.25, 0.3) is 11.0 Å². The van der Waals surface area contributed by atoms with Crippen LogP contribution in [0.3, 0.4) is 0 Å². The number of aliphatic carboxylic acids is 1. The molecule has 4 nitrogen and oxygen atoms in total. The zero-order chi connectivity index (χ0) is 15.0. The van der Waals surface area contributed by atoms with Crippen LogP contribution in [-0.2, 0) is 11.3 Å². The highest BCUT2D eigenvalue weighted by Crippen LogP contribution is 2.49. The first-order valence-corrected chi connectivity index (χ1v) is 9.11. The maximum Gasteiger partial charge on any atom is 0.313 e. The summed E-state index contributed by atoms with van der Waals surface area (Å²) in [6.45, 7) is 2.96. The third kappa shape index (κ3) is 3.06. The van der Waals surface area contributed by atoms with Gasteiger partial charge in [-0.2, -0.15) is 11.8 Å². The van der Waals surface area contributed by atoms with Crippen LogP contribution in [0.15, 0.2) is 23.4 Å². The van der Waals surface area contributed by atoms with Gasteiger partial charge in [-0.3, -0.25) is 4.79 Å². The number of benzene rings is 1. The molecular weight excluding hydrogens is 304 g/mol. The van der Waals surface area contributed by atoms with Crippen molar-refractivity contribution in [3.8, 4) is 0 Å². The van der Waals surface area contributed by atoms with Crippen LogP contribution in [0.1, 0.15) is 18.4 Å². The predicted octanol–water partition coefficient (Wildman–Crippen LogP) is 3.42. The fourth-order valence-electron chi connectivity index (χ4n) is 2.46. The smallest absolute Gasteiger partial charge is 0.313 e. The number of carbonyl (C=O) groups is 1. The molecule has 1 saturated carbocycles. The van der Waals surface area contributed by atoms with E-state index < -0.39 is 5.97 Å². The van der Waals surface area contributed by atoms with E-state index in [1.807, 2.05) is 18.7 Å². The Morgan fingerprint density at radius 2 is 2.24 bits per heavy atom. The van der Waals surface area contributed by atoms with Crippen molar-refractivity contribution < 1.29 is 9.90 Å². The molecule has 1 N–H and O–H groups in total. The predicted molar refractivity (Wildman–Crippen MR) is 88.3 cm³/mol. The largest absolute Gasteiger partial charge is 0.481 e. The quantitative estimate of drug-likeness (QED) is 0.826. The Kier molecular flexibility index (Phi) is 3.92. The first-order chi connectivity index (χ1) is 10.0. The summed E-state index contributed by atoms with van der Waals surface area (Å²) in [5.41, 5.74) is 3.24. The van der Waals surface area contributed by atoms with E-state index in [1.165, 1.54) is 30.2 Å². The van der Waals surface area contributed by atoms with Crippen molar-refractivity contribution in [2.24, 2.45) is 0 Å². The number of nitrogens with zero attached hydrogens (tertiary/aromatic N) is 2. The van der Waals surface area contributed by atoms with E-state index in [2.05, 4.69) is 34.0 Å². The van der Waals surface area contributed by atoms with Crippen LogP contribution in [0.5, 0.6) is 0 Å². The Morgan fingerprint density at radius 1 is 1.48 bits per heavy atom. The van der Waals surface area contributed by atoms with E-state index in [0.29, 0.717) is 4.75 Å². The highest BCUT2D eigenvalue weighted by atomic mass is 32.2. The van der Waals surface area contributed by atoms with Crippen LogP contribution < -0.4 is 0 Å². The number of hydrogen-bond acceptors (Lipinski definition) is 4. The van der Waals surface area contributed by atoms with Crippen LogP contribution in [0, 0.1) is 6.92 Å². The van der Waals surface area contributed by atoms with Crippen LogP contribution in [0.4, 0.5) is 0 Å². The van der Waals surface area contributed by atoms with Gasteiger partial charge in [0, 0.05) is 11.3 Å². The molecule has 0 radical (unpaired) electrons. The second kappa shape index (κ2) is 5.57. The normalized spacial score (nSPS) is 16.3. The van der Waals surface area contributed by atoms with Crippen molar-refractivity contribution in [3.05, 3.63) is 23.8 Å². The van der Waals surface area contributed by atoms with Gasteiger partial charge in [0.05, 0.1) is 16.8 Å². The third-order valence-corrected chi connectivity index (χ3v) is 6.24. The molecule has 2 aromatic rings. The number of aromatic nitrogens is 2. The number of fused-ring (bicyclic) bond motifs is 1. The number of thioether (sulfide) groups is 2. The van der Waals surface area contributed by atoms with Crippen molar-refractivity contribution in [1.82, 2.24) is 9.55 Å². The summed E-state index contributed by atoms with van der Waals surface area (Å²) in [7, 11) is 0. The summed E-state index contributed by atoms with van der Waals surface area (Å²) >= 11 is 3.22. The lowest BCUT2D eigenvalue weighted by atomic mass is 10.2. The zero-order valence-corrected chi connectivity index (χ0v) is 13.8. The van der Waals surface area contributed by atoms with Crippen LogP contribution in [-0.4, -0.2) is 37.4 Å². The standard InChI is InChI=1S/C15H18N2O2S2/c1-10-3-4-12-11(7-10)16-14(21-8-13(18)19)17(12)9-15(20-2)5-6-15/h3-4,7H,5-6,8-9H2,1-2H3,(H,18,19). The zero-order valence-electron chi connectivity index (χ0n) is 12.1. The van der Waals surface area contributed by atoms with Crippen molar-refractivity contribution in [2.45, 2.75) is 36.2 Å². The highest BCUT2D eigenvalue weighted by molar-refractivity contribution is 8.00. The van der Waals surface area contributed by atoms with Gasteiger partial charge in [-0.05, 0) is 43.7 Å². The summed E-state index contributed by atoms with van der Waals surface area (Å²) in [5.74, 6) is -0.755. The number of hydrogen-bond donors (Lipinski definition) is 1. The molecule has 1 aromatic carbocycles. The second-order valence-corrected chi connectivity index (χ2v) is 7.76. The van der Waals surface area contributed by atoms with E-state index in [9.17, 15) is 4.79 Å². The summed E-state index contributed by atoms with van der Waals surface area (Å²) in [4.78, 5) is 15.5. The summed E-state index contributed by atoms with van der Waals surface area (Å²) in [6.07, 6.45) is 4.60. The summed E-state index contributed by atoms with van der Waals surface area (Å²) in [5, 5.41) is 9.73. The molecule has 1 fully saturated rings. The van der Waals surface area contributed by atoms with Gasteiger partial charge in [0.25, 0.3) is 0 Å². The molecule has 112 valence electrons. The molecule has 0 aliphatic heterocycles. The lowest BCUT2D eigenvalue weighted by Crippen LogP contribution is -2.15. The molecular formula is C15H18N2O2S2. The molecule has 21 heavy (non-hydrogen) atoms. The van der Waals surface area contributed by atoms with Crippen molar-refractivity contribution >= 4 is 40.5 Å². The molecule has 0 bridgehead atoms. The van der Waals surface area contributed by atoms with Crippen LogP contribution in [0.2, 0.25) is 0 Å². The van der Waals surface area contributed by atoms with Gasteiger partial charge in [0.15, 0.2) is 5.16 Å². The third-order valence-electron chi connectivity index (χ3n) is 3.88. The summed E-state index contributed by atoms with van der Waals surface area (Å²) in [6, 6.07) is 6.25. The second-order valence-electron chi connectivity index (χ2n) is 5.54. The fraction of sp³-hybridized carbons (Fsp3) is 0.467.